The number of rotatable bonds is 4. The van der Waals surface area contributed by atoms with E-state index in [4.69, 9.17) is 0 Å². The number of unbranched alkanes of at least 4 members (excludes halogenated alkanes) is 1. The van der Waals surface area contributed by atoms with Crippen LogP contribution in [0.25, 0.3) is 0 Å². The molecule has 0 aliphatic heterocycles. The van der Waals surface area contributed by atoms with Gasteiger partial charge in [0.15, 0.2) is 0 Å². The number of aromatic amines is 1. The highest BCUT2D eigenvalue weighted by Gasteiger charge is 1.94. The van der Waals surface area contributed by atoms with Gasteiger partial charge in [0.25, 0.3) is 0 Å². The normalized spacial score (nSPS) is 11.3. The highest BCUT2D eigenvalue weighted by atomic mass is 28.2. The van der Waals surface area contributed by atoms with Gasteiger partial charge in [-0.25, -0.2) is 0 Å². The minimum atomic E-state index is -0.0850. The van der Waals surface area contributed by atoms with Crippen molar-refractivity contribution in [2.24, 2.45) is 0 Å². The largest absolute Gasteiger partial charge is 0.266 e. The second-order valence-electron chi connectivity index (χ2n) is 2.42. The quantitative estimate of drug-likeness (QED) is 0.484. The first-order valence-electron chi connectivity index (χ1n) is 3.79. The summed E-state index contributed by atoms with van der Waals surface area (Å²) in [5.41, 5.74) is 0. The molecule has 4 heteroatoms. The van der Waals surface area contributed by atoms with Crippen LogP contribution in [0.1, 0.15) is 19.8 Å². The molecular weight excluding hydrogens is 142 g/mol. The lowest BCUT2D eigenvalue weighted by Gasteiger charge is -1.90. The van der Waals surface area contributed by atoms with Crippen LogP contribution in [0.5, 0.6) is 0 Å². The van der Waals surface area contributed by atoms with Gasteiger partial charge in [0, 0.05) is 6.20 Å². The van der Waals surface area contributed by atoms with E-state index in [0.717, 1.165) is 0 Å². The molecule has 0 aromatic carbocycles. The zero-order valence-corrected chi connectivity index (χ0v) is 7.71. The maximum Gasteiger partial charge on any atom is 0.0831 e. The molecule has 0 unspecified atom stereocenters. The van der Waals surface area contributed by atoms with Crippen LogP contribution in [0, 0.1) is 0 Å². The van der Waals surface area contributed by atoms with Gasteiger partial charge in [-0.1, -0.05) is 31.0 Å². The monoisotopic (exact) mass is 155 g/mol. The van der Waals surface area contributed by atoms with E-state index in [1.54, 1.807) is 0 Å². The third-order valence-electron chi connectivity index (χ3n) is 1.50. The van der Waals surface area contributed by atoms with Crippen LogP contribution >= 0.6 is 0 Å². The molecule has 0 aliphatic rings. The van der Waals surface area contributed by atoms with Crippen LogP contribution in [0.3, 0.4) is 0 Å². The van der Waals surface area contributed by atoms with Gasteiger partial charge in [-0.05, 0) is 0 Å². The van der Waals surface area contributed by atoms with E-state index in [2.05, 4.69) is 22.3 Å². The topological polar surface area (TPSA) is 41.6 Å². The third kappa shape index (κ3) is 2.30. The second kappa shape index (κ2) is 4.22. The molecule has 56 valence electrons. The van der Waals surface area contributed by atoms with Gasteiger partial charge >= 0.3 is 0 Å². The smallest absolute Gasteiger partial charge is 0.0831 e. The minimum Gasteiger partial charge on any atom is -0.266 e. The Bertz CT molecular complexity index is 162. The Balaban J connectivity index is 2.15. The average Bonchev–Trinajstić information content (AvgIpc) is 2.41. The lowest BCUT2D eigenvalue weighted by Crippen LogP contribution is -2.14. The van der Waals surface area contributed by atoms with Gasteiger partial charge in [-0.3, -0.25) is 5.10 Å². The summed E-state index contributed by atoms with van der Waals surface area (Å²) in [4.78, 5) is 0. The Morgan fingerprint density at radius 3 is 3.20 bits per heavy atom. The molecule has 1 aromatic heterocycles. The lowest BCUT2D eigenvalue weighted by atomic mass is 10.4. The molecule has 10 heavy (non-hydrogen) atoms. The number of hydrogen-bond donors (Lipinski definition) is 1. The SMILES string of the molecule is CCCC[SiH2]c1c[nH]nn1. The van der Waals surface area contributed by atoms with Crippen LogP contribution in [0.4, 0.5) is 0 Å². The van der Waals surface area contributed by atoms with Crippen molar-refractivity contribution in [3.05, 3.63) is 6.20 Å². The summed E-state index contributed by atoms with van der Waals surface area (Å²) in [6.07, 6.45) is 4.56. The molecule has 0 aliphatic carbocycles. The molecule has 0 saturated heterocycles. The molecule has 0 spiro atoms. The van der Waals surface area contributed by atoms with Gasteiger partial charge in [0.2, 0.25) is 0 Å². The average molecular weight is 155 g/mol. The van der Waals surface area contributed by atoms with E-state index in [0.29, 0.717) is 0 Å². The highest BCUT2D eigenvalue weighted by Crippen LogP contribution is 1.91. The van der Waals surface area contributed by atoms with Crippen LogP contribution in [-0.4, -0.2) is 24.9 Å². The number of nitrogens with zero attached hydrogens (tertiary/aromatic N) is 2. The fourth-order valence-corrected chi connectivity index (χ4v) is 2.42. The van der Waals surface area contributed by atoms with Crippen molar-refractivity contribution in [2.75, 3.05) is 0 Å². The van der Waals surface area contributed by atoms with Crippen LogP contribution in [0.15, 0.2) is 6.20 Å². The van der Waals surface area contributed by atoms with Crippen molar-refractivity contribution in [1.82, 2.24) is 15.4 Å². The summed E-state index contributed by atoms with van der Waals surface area (Å²) in [6.45, 7) is 2.22. The molecule has 0 bridgehead atoms. The summed E-state index contributed by atoms with van der Waals surface area (Å²) in [5.74, 6) is 0. The molecule has 1 rings (SSSR count). The molecule has 1 N–H and O–H groups in total. The van der Waals surface area contributed by atoms with Gasteiger partial charge in [-0.15, -0.1) is 5.10 Å². The predicted octanol–water partition coefficient (Wildman–Crippen LogP) is -0.183. The summed E-state index contributed by atoms with van der Waals surface area (Å²) >= 11 is 0. The summed E-state index contributed by atoms with van der Waals surface area (Å²) < 4.78 is 0. The molecule has 1 heterocycles. The minimum absolute atomic E-state index is 0.0850. The van der Waals surface area contributed by atoms with Gasteiger partial charge in [-0.2, -0.15) is 0 Å². The van der Waals surface area contributed by atoms with E-state index in [1.807, 2.05) is 6.20 Å². The Morgan fingerprint density at radius 1 is 1.70 bits per heavy atom. The summed E-state index contributed by atoms with van der Waals surface area (Å²) in [7, 11) is -0.0850. The zero-order chi connectivity index (χ0) is 7.23. The van der Waals surface area contributed by atoms with E-state index < -0.39 is 0 Å². The Morgan fingerprint density at radius 2 is 2.60 bits per heavy atom. The first-order chi connectivity index (χ1) is 4.93. The van der Waals surface area contributed by atoms with Crippen molar-refractivity contribution in [3.63, 3.8) is 0 Å². The number of hydrogen-bond acceptors (Lipinski definition) is 2. The zero-order valence-electron chi connectivity index (χ0n) is 6.30. The van der Waals surface area contributed by atoms with Gasteiger partial charge in [0.05, 0.1) is 14.8 Å². The molecule has 1 aromatic rings. The van der Waals surface area contributed by atoms with Crippen molar-refractivity contribution in [1.29, 1.82) is 0 Å². The number of nitrogens with one attached hydrogen (secondary N) is 1. The molecular formula is C6H13N3Si. The second-order valence-corrected chi connectivity index (χ2v) is 4.35. The Hall–Kier alpha value is -0.643. The number of aromatic nitrogens is 3. The predicted molar refractivity (Wildman–Crippen MR) is 44.3 cm³/mol. The first-order valence-corrected chi connectivity index (χ1v) is 5.49. The van der Waals surface area contributed by atoms with Crippen molar-refractivity contribution in [2.45, 2.75) is 25.8 Å². The summed E-state index contributed by atoms with van der Waals surface area (Å²) in [6, 6.07) is 1.36. The summed E-state index contributed by atoms with van der Waals surface area (Å²) in [5, 5.41) is 11.6. The van der Waals surface area contributed by atoms with E-state index in [-0.39, 0.29) is 9.52 Å². The van der Waals surface area contributed by atoms with Gasteiger partial charge < -0.3 is 0 Å². The van der Waals surface area contributed by atoms with Crippen LogP contribution in [0.2, 0.25) is 6.04 Å². The molecule has 0 fully saturated rings. The van der Waals surface area contributed by atoms with Crippen molar-refractivity contribution < 1.29 is 0 Å². The van der Waals surface area contributed by atoms with E-state index >= 15 is 0 Å². The fourth-order valence-electron chi connectivity index (χ4n) is 0.904. The molecule has 0 saturated carbocycles. The van der Waals surface area contributed by atoms with Crippen molar-refractivity contribution >= 4 is 14.8 Å². The van der Waals surface area contributed by atoms with E-state index in [1.165, 1.54) is 24.2 Å². The maximum absolute atomic E-state index is 3.94. The maximum atomic E-state index is 3.94. The first kappa shape index (κ1) is 7.46. The van der Waals surface area contributed by atoms with Crippen LogP contribution in [-0.2, 0) is 0 Å². The highest BCUT2D eigenvalue weighted by molar-refractivity contribution is 6.52. The number of H-pyrrole nitrogens is 1. The molecule has 0 radical (unpaired) electrons. The van der Waals surface area contributed by atoms with Crippen molar-refractivity contribution in [3.8, 4) is 0 Å². The van der Waals surface area contributed by atoms with Gasteiger partial charge in [0.1, 0.15) is 0 Å². The standard InChI is InChI=1S/C6H13N3Si/c1-2-3-4-10-6-5-7-9-8-6/h5H,2-4,10H2,1H3,(H,7,8,9). The molecule has 0 amide bonds. The Labute approximate surface area is 63.1 Å². The lowest BCUT2D eigenvalue weighted by molar-refractivity contribution is 0.880. The Kier molecular flexibility index (Phi) is 3.15. The van der Waals surface area contributed by atoms with Crippen LogP contribution < -0.4 is 5.32 Å². The fraction of sp³-hybridized carbons (Fsp3) is 0.667. The molecule has 3 nitrogen and oxygen atoms in total. The third-order valence-corrected chi connectivity index (χ3v) is 3.22. The molecule has 0 atom stereocenters. The van der Waals surface area contributed by atoms with E-state index in [9.17, 15) is 0 Å².